The highest BCUT2D eigenvalue weighted by Gasteiger charge is 2.20. The van der Waals surface area contributed by atoms with Gasteiger partial charge in [0.25, 0.3) is 0 Å². The quantitative estimate of drug-likeness (QED) is 0.680. The van der Waals surface area contributed by atoms with E-state index in [-0.39, 0.29) is 11.2 Å². The second kappa shape index (κ2) is 6.22. The molecule has 116 valence electrons. The van der Waals surface area contributed by atoms with Crippen molar-refractivity contribution in [3.05, 3.63) is 59.2 Å². The molecule has 2 N–H and O–H groups in total. The summed E-state index contributed by atoms with van der Waals surface area (Å²) in [6, 6.07) is 12.9. The second-order valence-corrected chi connectivity index (χ2v) is 6.35. The normalized spacial score (nSPS) is 11.3. The summed E-state index contributed by atoms with van der Waals surface area (Å²) in [5.74, 6) is 0.546. The van der Waals surface area contributed by atoms with Crippen LogP contribution in [0.3, 0.4) is 0 Å². The standard InChI is InChI=1S/C19H23NO2/c1-5-22-17-10-9-14(19(2,3)4)12-16(17)18(21)13-7-6-8-15(20)11-13/h6-12H,5,20H2,1-4H3. The van der Waals surface area contributed by atoms with Gasteiger partial charge in [0.2, 0.25) is 0 Å². The third-order valence-corrected chi connectivity index (χ3v) is 3.54. The molecule has 0 heterocycles. The largest absolute Gasteiger partial charge is 0.493 e. The molecule has 3 nitrogen and oxygen atoms in total. The van der Waals surface area contributed by atoms with Gasteiger partial charge in [-0.15, -0.1) is 0 Å². The number of nitrogens with two attached hydrogens (primary N) is 1. The van der Waals surface area contributed by atoms with Gasteiger partial charge in [-0.25, -0.2) is 0 Å². The van der Waals surface area contributed by atoms with Gasteiger partial charge >= 0.3 is 0 Å². The molecule has 0 saturated carbocycles. The average Bonchev–Trinajstić information content (AvgIpc) is 2.46. The van der Waals surface area contributed by atoms with E-state index in [1.54, 1.807) is 24.3 Å². The number of rotatable bonds is 4. The molecule has 0 spiro atoms. The van der Waals surface area contributed by atoms with Gasteiger partial charge in [-0.3, -0.25) is 4.79 Å². The first-order valence-electron chi connectivity index (χ1n) is 7.50. The molecule has 0 aliphatic heterocycles. The number of nitrogen functional groups attached to an aromatic ring is 1. The SMILES string of the molecule is CCOc1ccc(C(C)(C)C)cc1C(=O)c1cccc(N)c1. The Morgan fingerprint density at radius 3 is 2.45 bits per heavy atom. The molecule has 0 fully saturated rings. The van der Waals surface area contributed by atoms with Gasteiger partial charge in [0.05, 0.1) is 12.2 Å². The van der Waals surface area contributed by atoms with Crippen LogP contribution in [-0.4, -0.2) is 12.4 Å². The molecule has 0 amide bonds. The second-order valence-electron chi connectivity index (χ2n) is 6.35. The van der Waals surface area contributed by atoms with Crippen LogP contribution in [0.15, 0.2) is 42.5 Å². The summed E-state index contributed by atoms with van der Waals surface area (Å²) in [7, 11) is 0. The van der Waals surface area contributed by atoms with E-state index in [1.807, 2.05) is 25.1 Å². The Bertz CT molecular complexity index is 684. The maximum atomic E-state index is 12.8. The minimum atomic E-state index is -0.0677. The van der Waals surface area contributed by atoms with Crippen LogP contribution in [0.2, 0.25) is 0 Å². The van der Waals surface area contributed by atoms with E-state index >= 15 is 0 Å². The van der Waals surface area contributed by atoms with Crippen LogP contribution >= 0.6 is 0 Å². The smallest absolute Gasteiger partial charge is 0.196 e. The Balaban J connectivity index is 2.53. The summed E-state index contributed by atoms with van der Waals surface area (Å²) in [5, 5.41) is 0. The lowest BCUT2D eigenvalue weighted by Crippen LogP contribution is -2.14. The van der Waals surface area contributed by atoms with Crippen LogP contribution in [0.5, 0.6) is 5.75 Å². The molecule has 0 aliphatic carbocycles. The first-order chi connectivity index (χ1) is 10.3. The van der Waals surface area contributed by atoms with Gasteiger partial charge in [0.15, 0.2) is 5.78 Å². The van der Waals surface area contributed by atoms with Crippen LogP contribution in [0.1, 0.15) is 49.2 Å². The minimum Gasteiger partial charge on any atom is -0.493 e. The van der Waals surface area contributed by atoms with Crippen molar-refractivity contribution in [1.82, 2.24) is 0 Å². The molecule has 3 heteroatoms. The highest BCUT2D eigenvalue weighted by molar-refractivity contribution is 6.11. The summed E-state index contributed by atoms with van der Waals surface area (Å²) < 4.78 is 5.63. The Hall–Kier alpha value is -2.29. The summed E-state index contributed by atoms with van der Waals surface area (Å²) in [4.78, 5) is 12.8. The van der Waals surface area contributed by atoms with Gasteiger partial charge in [-0.2, -0.15) is 0 Å². The molecule has 2 aromatic carbocycles. The number of ether oxygens (including phenoxy) is 1. The topological polar surface area (TPSA) is 52.3 Å². The van der Waals surface area contributed by atoms with E-state index in [4.69, 9.17) is 10.5 Å². The number of benzene rings is 2. The van der Waals surface area contributed by atoms with Crippen LogP contribution in [0.25, 0.3) is 0 Å². The van der Waals surface area contributed by atoms with E-state index in [9.17, 15) is 4.79 Å². The number of hydrogen-bond donors (Lipinski definition) is 1. The fraction of sp³-hybridized carbons (Fsp3) is 0.316. The fourth-order valence-electron chi connectivity index (χ4n) is 2.29. The first kappa shape index (κ1) is 16.1. The van der Waals surface area contributed by atoms with Gasteiger partial charge in [-0.1, -0.05) is 39.0 Å². The summed E-state index contributed by atoms with van der Waals surface area (Å²) >= 11 is 0. The molecule has 2 aromatic rings. The molecule has 0 aliphatic rings. The summed E-state index contributed by atoms with van der Waals surface area (Å²) in [6.07, 6.45) is 0. The van der Waals surface area contributed by atoms with Crippen molar-refractivity contribution >= 4 is 11.5 Å². The van der Waals surface area contributed by atoms with E-state index in [0.717, 1.165) is 5.56 Å². The van der Waals surface area contributed by atoms with Crippen molar-refractivity contribution in [3.8, 4) is 5.75 Å². The van der Waals surface area contributed by atoms with Crippen molar-refractivity contribution < 1.29 is 9.53 Å². The Morgan fingerprint density at radius 2 is 1.86 bits per heavy atom. The molecule has 0 aromatic heterocycles. The monoisotopic (exact) mass is 297 g/mol. The van der Waals surface area contributed by atoms with Crippen LogP contribution in [0.4, 0.5) is 5.69 Å². The van der Waals surface area contributed by atoms with Gasteiger partial charge in [0.1, 0.15) is 5.75 Å². The van der Waals surface area contributed by atoms with Gasteiger partial charge < -0.3 is 10.5 Å². The number of ketones is 1. The zero-order valence-corrected chi connectivity index (χ0v) is 13.6. The van der Waals surface area contributed by atoms with Gasteiger partial charge in [0, 0.05) is 11.3 Å². The fourth-order valence-corrected chi connectivity index (χ4v) is 2.29. The van der Waals surface area contributed by atoms with E-state index in [0.29, 0.717) is 29.2 Å². The molecule has 0 unspecified atom stereocenters. The maximum Gasteiger partial charge on any atom is 0.196 e. The van der Waals surface area contributed by atoms with Crippen molar-refractivity contribution in [2.75, 3.05) is 12.3 Å². The third-order valence-electron chi connectivity index (χ3n) is 3.54. The summed E-state index contributed by atoms with van der Waals surface area (Å²) in [6.45, 7) is 8.80. The average molecular weight is 297 g/mol. The van der Waals surface area contributed by atoms with E-state index in [1.165, 1.54) is 0 Å². The molecular weight excluding hydrogens is 274 g/mol. The molecule has 0 radical (unpaired) electrons. The minimum absolute atomic E-state index is 0.0323. The highest BCUT2D eigenvalue weighted by atomic mass is 16.5. The number of anilines is 1. The predicted molar refractivity (Wildman–Crippen MR) is 90.6 cm³/mol. The van der Waals surface area contributed by atoms with Crippen molar-refractivity contribution in [1.29, 1.82) is 0 Å². The first-order valence-corrected chi connectivity index (χ1v) is 7.50. The highest BCUT2D eigenvalue weighted by Crippen LogP contribution is 2.30. The Morgan fingerprint density at radius 1 is 1.14 bits per heavy atom. The van der Waals surface area contributed by atoms with Crippen molar-refractivity contribution in [2.45, 2.75) is 33.1 Å². The van der Waals surface area contributed by atoms with Crippen molar-refractivity contribution in [2.24, 2.45) is 0 Å². The number of carbonyl (C=O) groups is 1. The van der Waals surface area contributed by atoms with Crippen molar-refractivity contribution in [3.63, 3.8) is 0 Å². The lowest BCUT2D eigenvalue weighted by Gasteiger charge is -2.21. The molecule has 22 heavy (non-hydrogen) atoms. The van der Waals surface area contributed by atoms with Crippen LogP contribution in [0, 0.1) is 0 Å². The molecule has 0 atom stereocenters. The molecule has 0 bridgehead atoms. The van der Waals surface area contributed by atoms with Gasteiger partial charge in [-0.05, 0) is 42.2 Å². The molecule has 2 rings (SSSR count). The zero-order chi connectivity index (χ0) is 16.3. The zero-order valence-electron chi connectivity index (χ0n) is 13.6. The Labute approximate surface area is 132 Å². The predicted octanol–water partition coefficient (Wildman–Crippen LogP) is 4.20. The lowest BCUT2D eigenvalue weighted by molar-refractivity contribution is 0.103. The number of hydrogen-bond acceptors (Lipinski definition) is 3. The summed E-state index contributed by atoms with van der Waals surface area (Å²) in [5.41, 5.74) is 8.59. The van der Waals surface area contributed by atoms with E-state index < -0.39 is 0 Å². The van der Waals surface area contributed by atoms with Crippen LogP contribution < -0.4 is 10.5 Å². The van der Waals surface area contributed by atoms with E-state index in [2.05, 4.69) is 20.8 Å². The number of carbonyl (C=O) groups excluding carboxylic acids is 1. The maximum absolute atomic E-state index is 12.8. The Kier molecular flexibility index (Phi) is 4.55. The lowest BCUT2D eigenvalue weighted by atomic mass is 9.85. The molecular formula is C19H23NO2. The third kappa shape index (κ3) is 3.48. The molecule has 0 saturated heterocycles. The van der Waals surface area contributed by atoms with Crippen LogP contribution in [-0.2, 0) is 5.41 Å².